The molecule has 0 radical (unpaired) electrons. The molecule has 0 bridgehead atoms. The summed E-state index contributed by atoms with van der Waals surface area (Å²) in [5.41, 5.74) is 0.886. The summed E-state index contributed by atoms with van der Waals surface area (Å²) in [4.78, 5) is 24.4. The highest BCUT2D eigenvalue weighted by molar-refractivity contribution is 7.89. The normalized spacial score (nSPS) is 11.6. The molecule has 2 rings (SSSR count). The summed E-state index contributed by atoms with van der Waals surface area (Å²) < 4.78 is 27.6. The van der Waals surface area contributed by atoms with Crippen molar-refractivity contribution in [2.24, 2.45) is 0 Å². The highest BCUT2D eigenvalue weighted by Crippen LogP contribution is 2.20. The van der Waals surface area contributed by atoms with Gasteiger partial charge in [-0.3, -0.25) is 9.59 Å². The van der Waals surface area contributed by atoms with Gasteiger partial charge in [0.2, 0.25) is 15.9 Å². The number of pyridine rings is 1. The molecule has 0 aliphatic carbocycles. The molecule has 0 atom stereocenters. The van der Waals surface area contributed by atoms with E-state index >= 15 is 0 Å². The molecule has 1 aromatic heterocycles. The topological polar surface area (TPSA) is 88.5 Å². The van der Waals surface area contributed by atoms with Gasteiger partial charge in [-0.25, -0.2) is 8.42 Å². The van der Waals surface area contributed by atoms with Crippen LogP contribution in [0.1, 0.15) is 19.4 Å². The molecule has 27 heavy (non-hydrogen) atoms. The summed E-state index contributed by atoms with van der Waals surface area (Å²) in [5, 5.41) is 3.16. The number of aryl methyl sites for hydroxylation is 1. The molecular weight excluding hydrogens is 390 g/mol. The summed E-state index contributed by atoms with van der Waals surface area (Å²) in [5.74, 6) is -0.458. The Morgan fingerprint density at radius 2 is 1.85 bits per heavy atom. The van der Waals surface area contributed by atoms with Gasteiger partial charge in [-0.05, 0) is 30.7 Å². The van der Waals surface area contributed by atoms with E-state index in [1.165, 1.54) is 16.6 Å². The zero-order valence-electron chi connectivity index (χ0n) is 15.4. The van der Waals surface area contributed by atoms with Crippen LogP contribution in [-0.2, 0) is 21.4 Å². The third-order valence-electron chi connectivity index (χ3n) is 4.09. The Morgan fingerprint density at radius 1 is 1.19 bits per heavy atom. The fourth-order valence-corrected chi connectivity index (χ4v) is 4.22. The maximum Gasteiger partial charge on any atom is 0.251 e. The lowest BCUT2D eigenvalue weighted by molar-refractivity contribution is -0.116. The fraction of sp³-hybridized carbons (Fsp3) is 0.333. The number of amides is 1. The first kappa shape index (κ1) is 21.1. The molecule has 0 unspecified atom stereocenters. The number of benzene rings is 1. The van der Waals surface area contributed by atoms with Crippen LogP contribution in [0.25, 0.3) is 0 Å². The van der Waals surface area contributed by atoms with Gasteiger partial charge in [-0.15, -0.1) is 0 Å². The number of rotatable bonds is 7. The minimum absolute atomic E-state index is 0.0301. The fourth-order valence-electron chi connectivity index (χ4n) is 2.57. The number of carbonyl (C=O) groups excluding carboxylic acids is 1. The molecule has 1 N–H and O–H groups in total. The predicted octanol–water partition coefficient (Wildman–Crippen LogP) is 2.48. The molecule has 0 saturated heterocycles. The highest BCUT2D eigenvalue weighted by atomic mass is 35.5. The van der Waals surface area contributed by atoms with Gasteiger partial charge in [0.25, 0.3) is 5.56 Å². The summed E-state index contributed by atoms with van der Waals surface area (Å²) >= 11 is 5.94. The Hall–Kier alpha value is -2.16. The van der Waals surface area contributed by atoms with E-state index in [1.54, 1.807) is 32.0 Å². The van der Waals surface area contributed by atoms with Gasteiger partial charge >= 0.3 is 0 Å². The van der Waals surface area contributed by atoms with Crippen molar-refractivity contribution in [1.29, 1.82) is 0 Å². The lowest BCUT2D eigenvalue weighted by atomic mass is 10.2. The number of aromatic nitrogens is 1. The van der Waals surface area contributed by atoms with Crippen LogP contribution in [0.2, 0.25) is 5.02 Å². The number of hydrogen-bond acceptors (Lipinski definition) is 4. The molecule has 1 amide bonds. The van der Waals surface area contributed by atoms with Crippen LogP contribution < -0.4 is 10.9 Å². The van der Waals surface area contributed by atoms with Gasteiger partial charge in [0.05, 0.1) is 4.90 Å². The molecule has 0 spiro atoms. The Morgan fingerprint density at radius 3 is 2.48 bits per heavy atom. The van der Waals surface area contributed by atoms with Gasteiger partial charge in [0, 0.05) is 36.1 Å². The van der Waals surface area contributed by atoms with Crippen molar-refractivity contribution in [3.63, 3.8) is 0 Å². The maximum atomic E-state index is 12.6. The van der Waals surface area contributed by atoms with E-state index in [9.17, 15) is 18.0 Å². The van der Waals surface area contributed by atoms with E-state index in [2.05, 4.69) is 5.32 Å². The van der Waals surface area contributed by atoms with E-state index in [4.69, 9.17) is 11.6 Å². The first-order chi connectivity index (χ1) is 12.7. The molecule has 0 aliphatic heterocycles. The van der Waals surface area contributed by atoms with E-state index in [-0.39, 0.29) is 11.4 Å². The molecular formula is C18H22ClN3O4S. The van der Waals surface area contributed by atoms with E-state index in [1.807, 2.05) is 6.92 Å². The Bertz CT molecular complexity index is 998. The van der Waals surface area contributed by atoms with Crippen LogP contribution in [-0.4, -0.2) is 36.3 Å². The molecule has 7 nitrogen and oxygen atoms in total. The number of halogens is 1. The zero-order valence-corrected chi connectivity index (χ0v) is 17.0. The van der Waals surface area contributed by atoms with E-state index < -0.39 is 21.5 Å². The van der Waals surface area contributed by atoms with Crippen molar-refractivity contribution >= 4 is 33.2 Å². The van der Waals surface area contributed by atoms with Crippen molar-refractivity contribution < 1.29 is 13.2 Å². The van der Waals surface area contributed by atoms with Crippen molar-refractivity contribution in [2.45, 2.75) is 32.2 Å². The van der Waals surface area contributed by atoms with Crippen molar-refractivity contribution in [3.05, 3.63) is 57.5 Å². The monoisotopic (exact) mass is 411 g/mol. The van der Waals surface area contributed by atoms with Crippen LogP contribution in [0, 0.1) is 6.92 Å². The van der Waals surface area contributed by atoms with Crippen molar-refractivity contribution in [2.75, 3.05) is 18.4 Å². The Kier molecular flexibility index (Phi) is 6.80. The first-order valence-corrected chi connectivity index (χ1v) is 10.3. The minimum Gasteiger partial charge on any atom is -0.324 e. The lowest BCUT2D eigenvalue weighted by Gasteiger charge is -2.19. The molecule has 0 aliphatic rings. The van der Waals surface area contributed by atoms with Gasteiger partial charge < -0.3 is 9.88 Å². The minimum atomic E-state index is -3.72. The average Bonchev–Trinajstić information content (AvgIpc) is 2.60. The van der Waals surface area contributed by atoms with Gasteiger partial charge in [-0.2, -0.15) is 4.31 Å². The number of anilines is 1. The second-order valence-electron chi connectivity index (χ2n) is 5.93. The van der Waals surface area contributed by atoms with Crippen LogP contribution in [0.3, 0.4) is 0 Å². The summed E-state index contributed by atoms with van der Waals surface area (Å²) in [6.45, 7) is 5.59. The average molecular weight is 412 g/mol. The molecule has 0 fully saturated rings. The van der Waals surface area contributed by atoms with Crippen molar-refractivity contribution in [1.82, 2.24) is 8.87 Å². The molecule has 1 aromatic carbocycles. The van der Waals surface area contributed by atoms with E-state index in [0.717, 1.165) is 16.2 Å². The van der Waals surface area contributed by atoms with Gasteiger partial charge in [-0.1, -0.05) is 31.5 Å². The predicted molar refractivity (Wildman–Crippen MR) is 106 cm³/mol. The van der Waals surface area contributed by atoms with Gasteiger partial charge in [0.1, 0.15) is 6.54 Å². The highest BCUT2D eigenvalue weighted by Gasteiger charge is 2.22. The quantitative estimate of drug-likeness (QED) is 0.758. The van der Waals surface area contributed by atoms with Gasteiger partial charge in [0.15, 0.2) is 0 Å². The van der Waals surface area contributed by atoms with E-state index in [0.29, 0.717) is 23.8 Å². The van der Waals surface area contributed by atoms with Crippen LogP contribution >= 0.6 is 11.6 Å². The Labute approximate surface area is 163 Å². The standard InChI is InChI=1S/C18H22ClN3O4S/c1-4-22(5-2)27(25,26)15-8-9-18(24)21(11-15)12-17(23)20-16-10-14(19)7-6-13(16)3/h6-11H,4-5,12H2,1-3H3,(H,20,23). The number of nitrogens with zero attached hydrogens (tertiary/aromatic N) is 2. The molecule has 146 valence electrons. The number of carbonyl (C=O) groups is 1. The molecule has 1 heterocycles. The second-order valence-corrected chi connectivity index (χ2v) is 8.30. The first-order valence-electron chi connectivity index (χ1n) is 8.45. The summed E-state index contributed by atoms with van der Waals surface area (Å²) in [6, 6.07) is 7.48. The third-order valence-corrected chi connectivity index (χ3v) is 6.36. The largest absolute Gasteiger partial charge is 0.324 e. The number of hydrogen-bond donors (Lipinski definition) is 1. The molecule has 9 heteroatoms. The van der Waals surface area contributed by atoms with Crippen molar-refractivity contribution in [3.8, 4) is 0 Å². The zero-order chi connectivity index (χ0) is 20.2. The second kappa shape index (κ2) is 8.69. The third kappa shape index (κ3) is 4.97. The number of sulfonamides is 1. The van der Waals surface area contributed by atoms with Crippen LogP contribution in [0.15, 0.2) is 46.2 Å². The smallest absolute Gasteiger partial charge is 0.251 e. The maximum absolute atomic E-state index is 12.6. The number of nitrogens with one attached hydrogen (secondary N) is 1. The molecule has 0 saturated carbocycles. The SMILES string of the molecule is CCN(CC)S(=O)(=O)c1ccc(=O)n(CC(=O)Nc2cc(Cl)ccc2C)c1. The lowest BCUT2D eigenvalue weighted by Crippen LogP contribution is -2.33. The summed E-state index contributed by atoms with van der Waals surface area (Å²) in [6.07, 6.45) is 1.19. The molecule has 2 aromatic rings. The Balaban J connectivity index is 2.27. The van der Waals surface area contributed by atoms with Crippen LogP contribution in [0.4, 0.5) is 5.69 Å². The summed E-state index contributed by atoms with van der Waals surface area (Å²) in [7, 11) is -3.72. The van der Waals surface area contributed by atoms with Crippen LogP contribution in [0.5, 0.6) is 0 Å².